The second kappa shape index (κ2) is 6.50. The summed E-state index contributed by atoms with van der Waals surface area (Å²) in [4.78, 5) is 47.4. The van der Waals surface area contributed by atoms with Crippen molar-refractivity contribution >= 4 is 23.9 Å². The van der Waals surface area contributed by atoms with E-state index in [0.717, 1.165) is 0 Å². The fourth-order valence-electron chi connectivity index (χ4n) is 4.17. The van der Waals surface area contributed by atoms with Crippen LogP contribution in [0.25, 0.3) is 0 Å². The molecule has 6 atom stereocenters. The predicted molar refractivity (Wildman–Crippen MR) is 80.7 cm³/mol. The second-order valence-electron chi connectivity index (χ2n) is 6.66. The Labute approximate surface area is 144 Å². The van der Waals surface area contributed by atoms with Gasteiger partial charge in [0.2, 0.25) is 0 Å². The zero-order chi connectivity index (χ0) is 18.3. The maximum absolute atomic E-state index is 12.0. The van der Waals surface area contributed by atoms with Gasteiger partial charge in [-0.05, 0) is 13.3 Å². The van der Waals surface area contributed by atoms with Crippen molar-refractivity contribution in [1.82, 2.24) is 0 Å². The molecule has 0 spiro atoms. The number of methoxy groups -OCH3 is 1. The van der Waals surface area contributed by atoms with Crippen molar-refractivity contribution in [1.29, 1.82) is 0 Å². The van der Waals surface area contributed by atoms with E-state index in [4.69, 9.17) is 18.9 Å². The number of hydrogen-bond donors (Lipinski definition) is 0. The monoisotopic (exact) mass is 352 g/mol. The minimum atomic E-state index is -0.666. The van der Waals surface area contributed by atoms with Crippen LogP contribution >= 0.6 is 0 Å². The van der Waals surface area contributed by atoms with Crippen LogP contribution in [0.5, 0.6) is 0 Å². The van der Waals surface area contributed by atoms with Crippen LogP contribution in [0.2, 0.25) is 0 Å². The number of carbonyl (C=O) groups excluding carboxylic acids is 4. The van der Waals surface area contributed by atoms with E-state index in [2.05, 4.69) is 6.58 Å². The molecule has 0 aromatic heterocycles. The Morgan fingerprint density at radius 2 is 2.00 bits per heavy atom. The molecule has 6 unspecified atom stereocenters. The lowest BCUT2D eigenvalue weighted by Gasteiger charge is -2.29. The molecule has 3 aliphatic rings. The van der Waals surface area contributed by atoms with Gasteiger partial charge in [-0.15, -0.1) is 0 Å². The summed E-state index contributed by atoms with van der Waals surface area (Å²) in [6, 6.07) is 0. The maximum atomic E-state index is 12.0. The molecule has 1 heterocycles. The predicted octanol–water partition coefficient (Wildman–Crippen LogP) is 0.388. The van der Waals surface area contributed by atoms with Gasteiger partial charge < -0.3 is 18.9 Å². The third-order valence-electron chi connectivity index (χ3n) is 5.17. The van der Waals surface area contributed by atoms with Gasteiger partial charge in [0.25, 0.3) is 0 Å². The molecule has 0 aromatic rings. The second-order valence-corrected chi connectivity index (χ2v) is 6.66. The molecule has 3 fully saturated rings. The van der Waals surface area contributed by atoms with Crippen molar-refractivity contribution in [3.8, 4) is 0 Å². The van der Waals surface area contributed by atoms with Crippen molar-refractivity contribution in [3.05, 3.63) is 12.2 Å². The summed E-state index contributed by atoms with van der Waals surface area (Å²) in [6.45, 7) is 4.83. The molecular formula is C17H20O8. The van der Waals surface area contributed by atoms with Crippen LogP contribution in [0.3, 0.4) is 0 Å². The van der Waals surface area contributed by atoms with Crippen molar-refractivity contribution < 1.29 is 38.1 Å². The molecule has 8 nitrogen and oxygen atoms in total. The molecule has 0 N–H and O–H groups in total. The Balaban J connectivity index is 1.61. The maximum Gasteiger partial charge on any atom is 0.333 e. The molecule has 2 bridgehead atoms. The van der Waals surface area contributed by atoms with E-state index in [9.17, 15) is 19.2 Å². The molecule has 0 aromatic carbocycles. The standard InChI is InChI=1S/C17H20O8/c1-7(2)15(19)23-5-4-10(18)24-13-8-6-9-12(11(8)16(20)22-3)17(21)25-14(9)13/h8-9,11-14H,1,4-6H2,2-3H3. The summed E-state index contributed by atoms with van der Waals surface area (Å²) < 4.78 is 20.4. The van der Waals surface area contributed by atoms with Crippen LogP contribution in [0.15, 0.2) is 12.2 Å². The number of esters is 4. The van der Waals surface area contributed by atoms with E-state index >= 15 is 0 Å². The normalized spacial score (nSPS) is 34.4. The number of fused-ring (bicyclic) bond motifs is 1. The summed E-state index contributed by atoms with van der Waals surface area (Å²) in [5.41, 5.74) is 0.242. The Hall–Kier alpha value is -2.38. The summed E-state index contributed by atoms with van der Waals surface area (Å²) in [6.07, 6.45) is -0.713. The first-order valence-electron chi connectivity index (χ1n) is 8.15. The van der Waals surface area contributed by atoms with E-state index < -0.39 is 47.9 Å². The Bertz CT molecular complexity index is 639. The molecule has 3 rings (SSSR count). The van der Waals surface area contributed by atoms with Crippen LogP contribution in [-0.4, -0.2) is 49.8 Å². The molecule has 2 aliphatic carbocycles. The average Bonchev–Trinajstić information content (AvgIpc) is 3.17. The SMILES string of the molecule is C=C(C)C(=O)OCCC(=O)OC1C2CC3C1OC(=O)C3C2C(=O)OC. The van der Waals surface area contributed by atoms with E-state index in [-0.39, 0.29) is 30.4 Å². The molecular weight excluding hydrogens is 332 g/mol. The highest BCUT2D eigenvalue weighted by molar-refractivity contribution is 5.87. The number of carbonyl (C=O) groups is 4. The van der Waals surface area contributed by atoms with Gasteiger partial charge in [0.15, 0.2) is 0 Å². The highest BCUT2D eigenvalue weighted by atomic mass is 16.6. The smallest absolute Gasteiger partial charge is 0.333 e. The minimum absolute atomic E-state index is 0.124. The summed E-state index contributed by atoms with van der Waals surface area (Å²) in [7, 11) is 1.27. The van der Waals surface area contributed by atoms with Gasteiger partial charge in [-0.25, -0.2) is 4.79 Å². The van der Waals surface area contributed by atoms with Crippen LogP contribution in [0.1, 0.15) is 19.8 Å². The van der Waals surface area contributed by atoms with Gasteiger partial charge in [0.1, 0.15) is 18.8 Å². The van der Waals surface area contributed by atoms with E-state index in [1.165, 1.54) is 14.0 Å². The van der Waals surface area contributed by atoms with Crippen LogP contribution in [-0.2, 0) is 38.1 Å². The van der Waals surface area contributed by atoms with Gasteiger partial charge in [-0.3, -0.25) is 14.4 Å². The minimum Gasteiger partial charge on any atom is -0.469 e. The highest BCUT2D eigenvalue weighted by Crippen LogP contribution is 2.58. The van der Waals surface area contributed by atoms with Crippen molar-refractivity contribution in [2.75, 3.05) is 13.7 Å². The lowest BCUT2D eigenvalue weighted by molar-refractivity contribution is -0.166. The fraction of sp³-hybridized carbons (Fsp3) is 0.647. The zero-order valence-corrected chi connectivity index (χ0v) is 14.1. The van der Waals surface area contributed by atoms with Crippen molar-refractivity contribution in [3.63, 3.8) is 0 Å². The largest absolute Gasteiger partial charge is 0.469 e. The average molecular weight is 352 g/mol. The molecule has 2 saturated carbocycles. The zero-order valence-electron chi connectivity index (χ0n) is 14.1. The molecule has 0 amide bonds. The van der Waals surface area contributed by atoms with Gasteiger partial charge in [0, 0.05) is 17.4 Å². The first kappa shape index (κ1) is 17.4. The molecule has 136 valence electrons. The summed E-state index contributed by atoms with van der Waals surface area (Å²) in [5.74, 6) is -3.62. The quantitative estimate of drug-likeness (QED) is 0.384. The third kappa shape index (κ3) is 2.89. The first-order chi connectivity index (χ1) is 11.8. The Kier molecular flexibility index (Phi) is 4.53. The third-order valence-corrected chi connectivity index (χ3v) is 5.17. The van der Waals surface area contributed by atoms with Crippen molar-refractivity contribution in [2.45, 2.75) is 32.0 Å². The van der Waals surface area contributed by atoms with Crippen LogP contribution in [0.4, 0.5) is 0 Å². The van der Waals surface area contributed by atoms with Gasteiger partial charge in [-0.2, -0.15) is 0 Å². The Morgan fingerprint density at radius 3 is 2.64 bits per heavy atom. The summed E-state index contributed by atoms with van der Waals surface area (Å²) in [5, 5.41) is 0. The van der Waals surface area contributed by atoms with E-state index in [1.807, 2.05) is 0 Å². The van der Waals surface area contributed by atoms with Gasteiger partial charge in [0.05, 0.1) is 25.4 Å². The van der Waals surface area contributed by atoms with Gasteiger partial charge >= 0.3 is 23.9 Å². The van der Waals surface area contributed by atoms with Crippen LogP contribution in [0, 0.1) is 23.7 Å². The number of ether oxygens (including phenoxy) is 4. The lowest BCUT2D eigenvalue weighted by atomic mass is 9.78. The molecule has 0 radical (unpaired) electrons. The fourth-order valence-corrected chi connectivity index (χ4v) is 4.17. The molecule has 1 saturated heterocycles. The van der Waals surface area contributed by atoms with Gasteiger partial charge in [-0.1, -0.05) is 6.58 Å². The topological polar surface area (TPSA) is 105 Å². The Morgan fingerprint density at radius 1 is 1.28 bits per heavy atom. The molecule has 1 aliphatic heterocycles. The molecule has 25 heavy (non-hydrogen) atoms. The van der Waals surface area contributed by atoms with E-state index in [0.29, 0.717) is 6.42 Å². The highest BCUT2D eigenvalue weighted by Gasteiger charge is 2.70. The molecule has 8 heteroatoms. The van der Waals surface area contributed by atoms with Crippen LogP contribution < -0.4 is 0 Å². The van der Waals surface area contributed by atoms with Crippen molar-refractivity contribution in [2.24, 2.45) is 23.7 Å². The van der Waals surface area contributed by atoms with E-state index in [1.54, 1.807) is 0 Å². The number of hydrogen-bond acceptors (Lipinski definition) is 8. The summed E-state index contributed by atoms with van der Waals surface area (Å²) >= 11 is 0. The number of rotatable bonds is 6. The lowest BCUT2D eigenvalue weighted by Crippen LogP contribution is -2.43. The first-order valence-corrected chi connectivity index (χ1v) is 8.15.